The first-order chi connectivity index (χ1) is 5.25. The van der Waals surface area contributed by atoms with Gasteiger partial charge < -0.3 is 5.32 Å². The first-order valence-corrected chi connectivity index (χ1v) is 4.72. The molecular weight excluding hydrogens is 136 g/mol. The summed E-state index contributed by atoms with van der Waals surface area (Å²) in [6, 6.07) is 1.48. The molecule has 0 aromatic heterocycles. The van der Waals surface area contributed by atoms with E-state index < -0.39 is 0 Å². The van der Waals surface area contributed by atoms with E-state index in [9.17, 15) is 0 Å². The average molecular weight is 156 g/mol. The van der Waals surface area contributed by atoms with Gasteiger partial charge in [-0.25, -0.2) is 0 Å². The van der Waals surface area contributed by atoms with E-state index in [1.165, 1.54) is 13.0 Å². The zero-order chi connectivity index (χ0) is 8.27. The maximum Gasteiger partial charge on any atom is 0.0195 e. The van der Waals surface area contributed by atoms with Gasteiger partial charge in [-0.05, 0) is 20.3 Å². The molecule has 0 amide bonds. The first-order valence-electron chi connectivity index (χ1n) is 4.72. The number of hydrogen-bond donors (Lipinski definition) is 1. The fraction of sp³-hybridized carbons (Fsp3) is 1.00. The standard InChI is InChI=1S/C9H20N2/c1-4-8(2)11-6-5-10-7-9(11)3/h8-10H,4-7H2,1-3H3/t8?,9-/m1/s1. The Morgan fingerprint density at radius 1 is 1.64 bits per heavy atom. The van der Waals surface area contributed by atoms with Gasteiger partial charge in [0.1, 0.15) is 0 Å². The van der Waals surface area contributed by atoms with Crippen LogP contribution >= 0.6 is 0 Å². The second-order valence-electron chi connectivity index (χ2n) is 3.55. The SMILES string of the molecule is CCC(C)N1CCNC[C@H]1C. The molecule has 0 radical (unpaired) electrons. The molecule has 66 valence electrons. The van der Waals surface area contributed by atoms with Gasteiger partial charge in [-0.2, -0.15) is 0 Å². The molecule has 0 aromatic rings. The second kappa shape index (κ2) is 4.07. The molecule has 1 unspecified atom stereocenters. The molecule has 2 heteroatoms. The van der Waals surface area contributed by atoms with E-state index in [-0.39, 0.29) is 0 Å². The van der Waals surface area contributed by atoms with Gasteiger partial charge >= 0.3 is 0 Å². The lowest BCUT2D eigenvalue weighted by Crippen LogP contribution is -2.52. The van der Waals surface area contributed by atoms with E-state index in [1.807, 2.05) is 0 Å². The number of nitrogens with one attached hydrogen (secondary N) is 1. The van der Waals surface area contributed by atoms with Crippen LogP contribution in [0.15, 0.2) is 0 Å². The van der Waals surface area contributed by atoms with E-state index in [2.05, 4.69) is 31.0 Å². The normalized spacial score (nSPS) is 30.3. The van der Waals surface area contributed by atoms with Crippen LogP contribution in [0.2, 0.25) is 0 Å². The van der Waals surface area contributed by atoms with Crippen molar-refractivity contribution in [1.82, 2.24) is 10.2 Å². The van der Waals surface area contributed by atoms with Crippen molar-refractivity contribution in [1.29, 1.82) is 0 Å². The zero-order valence-electron chi connectivity index (χ0n) is 7.93. The Kier molecular flexibility index (Phi) is 3.34. The predicted octanol–water partition coefficient (Wildman–Crippen LogP) is 1.08. The van der Waals surface area contributed by atoms with E-state index in [0.717, 1.165) is 25.2 Å². The second-order valence-corrected chi connectivity index (χ2v) is 3.55. The zero-order valence-corrected chi connectivity index (χ0v) is 7.93. The van der Waals surface area contributed by atoms with Crippen LogP contribution in [0.25, 0.3) is 0 Å². The summed E-state index contributed by atoms with van der Waals surface area (Å²) in [4.78, 5) is 2.59. The minimum atomic E-state index is 0.721. The van der Waals surface area contributed by atoms with Crippen molar-refractivity contribution in [2.24, 2.45) is 0 Å². The molecule has 1 aliphatic heterocycles. The van der Waals surface area contributed by atoms with Crippen LogP contribution in [0.1, 0.15) is 27.2 Å². The van der Waals surface area contributed by atoms with Gasteiger partial charge in [0.2, 0.25) is 0 Å². The van der Waals surface area contributed by atoms with Gasteiger partial charge in [0.25, 0.3) is 0 Å². The number of nitrogens with zero attached hydrogens (tertiary/aromatic N) is 1. The minimum Gasteiger partial charge on any atom is -0.314 e. The molecule has 2 atom stereocenters. The fourth-order valence-corrected chi connectivity index (χ4v) is 1.75. The highest BCUT2D eigenvalue weighted by Crippen LogP contribution is 2.09. The maximum absolute atomic E-state index is 3.40. The molecule has 0 spiro atoms. The molecule has 1 N–H and O–H groups in total. The van der Waals surface area contributed by atoms with Crippen LogP contribution in [0.4, 0.5) is 0 Å². The molecule has 0 bridgehead atoms. The van der Waals surface area contributed by atoms with Gasteiger partial charge in [0.15, 0.2) is 0 Å². The highest BCUT2D eigenvalue weighted by Gasteiger charge is 2.20. The van der Waals surface area contributed by atoms with Crippen LogP contribution < -0.4 is 5.32 Å². The van der Waals surface area contributed by atoms with Crippen LogP contribution in [-0.4, -0.2) is 36.6 Å². The summed E-state index contributed by atoms with van der Waals surface area (Å²) >= 11 is 0. The Labute approximate surface area is 70.0 Å². The van der Waals surface area contributed by atoms with E-state index >= 15 is 0 Å². The van der Waals surface area contributed by atoms with Crippen molar-refractivity contribution < 1.29 is 0 Å². The Morgan fingerprint density at radius 2 is 2.36 bits per heavy atom. The van der Waals surface area contributed by atoms with Crippen molar-refractivity contribution in [2.75, 3.05) is 19.6 Å². The third kappa shape index (κ3) is 2.17. The molecule has 0 aromatic carbocycles. The molecule has 0 aliphatic carbocycles. The summed E-state index contributed by atoms with van der Waals surface area (Å²) in [6.07, 6.45) is 1.27. The van der Waals surface area contributed by atoms with Gasteiger partial charge in [0.05, 0.1) is 0 Å². The van der Waals surface area contributed by atoms with E-state index in [4.69, 9.17) is 0 Å². The Bertz CT molecular complexity index is 110. The lowest BCUT2D eigenvalue weighted by Gasteiger charge is -2.38. The lowest BCUT2D eigenvalue weighted by molar-refractivity contribution is 0.123. The van der Waals surface area contributed by atoms with Crippen molar-refractivity contribution in [3.8, 4) is 0 Å². The van der Waals surface area contributed by atoms with Crippen molar-refractivity contribution >= 4 is 0 Å². The molecule has 1 rings (SSSR count). The third-order valence-electron chi connectivity index (χ3n) is 2.71. The molecule has 0 saturated carbocycles. The first kappa shape index (κ1) is 9.01. The van der Waals surface area contributed by atoms with Gasteiger partial charge in [-0.15, -0.1) is 0 Å². The molecular formula is C9H20N2. The monoisotopic (exact) mass is 156 g/mol. The highest BCUT2D eigenvalue weighted by atomic mass is 15.2. The minimum absolute atomic E-state index is 0.721. The molecule has 1 fully saturated rings. The van der Waals surface area contributed by atoms with Crippen molar-refractivity contribution in [3.63, 3.8) is 0 Å². The van der Waals surface area contributed by atoms with Crippen LogP contribution in [-0.2, 0) is 0 Å². The van der Waals surface area contributed by atoms with Gasteiger partial charge in [-0.3, -0.25) is 4.90 Å². The predicted molar refractivity (Wildman–Crippen MR) is 48.8 cm³/mol. The van der Waals surface area contributed by atoms with Gasteiger partial charge in [0, 0.05) is 31.7 Å². The quantitative estimate of drug-likeness (QED) is 0.643. The average Bonchev–Trinajstić information content (AvgIpc) is 2.04. The lowest BCUT2D eigenvalue weighted by atomic mass is 10.1. The van der Waals surface area contributed by atoms with E-state index in [0.29, 0.717) is 0 Å². The maximum atomic E-state index is 3.40. The Hall–Kier alpha value is -0.0800. The van der Waals surface area contributed by atoms with Crippen molar-refractivity contribution in [3.05, 3.63) is 0 Å². The largest absolute Gasteiger partial charge is 0.314 e. The summed E-state index contributed by atoms with van der Waals surface area (Å²) in [7, 11) is 0. The molecule has 1 heterocycles. The molecule has 11 heavy (non-hydrogen) atoms. The summed E-state index contributed by atoms with van der Waals surface area (Å²) in [6.45, 7) is 10.4. The Morgan fingerprint density at radius 3 is 2.91 bits per heavy atom. The van der Waals surface area contributed by atoms with Crippen LogP contribution in [0.3, 0.4) is 0 Å². The summed E-state index contributed by atoms with van der Waals surface area (Å²) in [5, 5.41) is 3.40. The Balaban J connectivity index is 2.40. The fourth-order valence-electron chi connectivity index (χ4n) is 1.75. The highest BCUT2D eigenvalue weighted by molar-refractivity contribution is 4.79. The van der Waals surface area contributed by atoms with Crippen LogP contribution in [0, 0.1) is 0 Å². The van der Waals surface area contributed by atoms with Gasteiger partial charge in [-0.1, -0.05) is 6.92 Å². The number of hydrogen-bond acceptors (Lipinski definition) is 2. The molecule has 2 nitrogen and oxygen atoms in total. The third-order valence-corrected chi connectivity index (χ3v) is 2.71. The number of rotatable bonds is 2. The molecule has 1 saturated heterocycles. The summed E-state index contributed by atoms with van der Waals surface area (Å²) in [5.41, 5.74) is 0. The molecule has 1 aliphatic rings. The summed E-state index contributed by atoms with van der Waals surface area (Å²) in [5.74, 6) is 0. The van der Waals surface area contributed by atoms with E-state index in [1.54, 1.807) is 0 Å². The topological polar surface area (TPSA) is 15.3 Å². The van der Waals surface area contributed by atoms with Crippen molar-refractivity contribution in [2.45, 2.75) is 39.3 Å². The number of piperazine rings is 1. The summed E-state index contributed by atoms with van der Waals surface area (Å²) < 4.78 is 0. The smallest absolute Gasteiger partial charge is 0.0195 e. The van der Waals surface area contributed by atoms with Crippen LogP contribution in [0.5, 0.6) is 0 Å².